The lowest BCUT2D eigenvalue weighted by Gasteiger charge is -2.18. The van der Waals surface area contributed by atoms with E-state index in [9.17, 15) is 0 Å². The summed E-state index contributed by atoms with van der Waals surface area (Å²) < 4.78 is 97.1. The Balaban J connectivity index is 0.000000114. The van der Waals surface area contributed by atoms with Crippen molar-refractivity contribution < 1.29 is 35.2 Å². The number of benzene rings is 20. The largest absolute Gasteiger partial charge is 0.295 e. The fourth-order valence-electron chi connectivity index (χ4n) is 23.2. The molecule has 149 heavy (non-hydrogen) atoms. The smallest absolute Gasteiger partial charge is 0.225 e. The van der Waals surface area contributed by atoms with Crippen LogP contribution in [0.3, 0.4) is 0 Å². The van der Waals surface area contributed by atoms with E-state index >= 15 is 0 Å². The minimum absolute atomic E-state index is 0.00613. The molecule has 0 bridgehead atoms. The molecule has 5 aromatic heterocycles. The van der Waals surface area contributed by atoms with Gasteiger partial charge in [-0.2, -0.15) is 22.8 Å². The molecule has 0 aliphatic rings. The summed E-state index contributed by atoms with van der Waals surface area (Å²) in [5.74, 6) is 6.18. The van der Waals surface area contributed by atoms with Crippen molar-refractivity contribution in [3.05, 3.63) is 478 Å². The molecule has 5 heterocycles. The van der Waals surface area contributed by atoms with Crippen LogP contribution in [0.1, 0.15) is 135 Å². The van der Waals surface area contributed by atoms with Crippen molar-refractivity contribution in [1.82, 2.24) is 22.8 Å². The summed E-state index contributed by atoms with van der Waals surface area (Å²) in [6.07, 6.45) is 0. The van der Waals surface area contributed by atoms with Crippen molar-refractivity contribution in [1.29, 1.82) is 0 Å². The summed E-state index contributed by atoms with van der Waals surface area (Å²) in [5.41, 5.74) is 37.0. The third kappa shape index (κ3) is 17.2. The SMILES string of the molecule is Cc1ccccc1-c1n(-c2c(C)cccc2C)c2ccc3ccccc3c2[n+]1C.Cc1ccccc1-c1n(C)c2ccc3ccccc3c2[n+]1-c1c(C(C)C)cccc1C(C)C.Cc1ccccc1-c1n(C)c2ccc3ccccc3c2[n+]1-c1c(C)cccc1C.[2H]C([2H])([2H])c1cccc(C([2H])([2H])[2H])c1-n1c(-c2ccccc2C)[n+](C)c2c3ccccc3ccc21.[2H]C([2H])([2H])c1cccc(C)c1-[n+]1c(-c2ccccc2C)n(C)c2ccc3ccccc3c21. The molecule has 0 aliphatic heterocycles. The first kappa shape index (κ1) is 87.4. The predicted octanol–water partition coefficient (Wildman–Crippen LogP) is 32.6. The normalized spacial score (nSPS) is 12.7. The van der Waals surface area contributed by atoms with Crippen molar-refractivity contribution in [2.45, 2.75) is 129 Å². The highest BCUT2D eigenvalue weighted by Gasteiger charge is 2.38. The molecule has 0 spiro atoms. The number of hydrogen-bond acceptors (Lipinski definition) is 0. The second-order valence-electron chi connectivity index (χ2n) is 40.7. The summed E-state index contributed by atoms with van der Waals surface area (Å²) in [6.45, 7) is 23.5. The molecule has 0 radical (unpaired) electrons. The number of aromatic nitrogens is 10. The minimum atomic E-state index is -2.51. The standard InChI is InChI=1S/C31H33N2.4C27H25N2/c1-20(2)24-16-11-17-25(21(3)4)29(24)33-30-27-15-10-8-13-23(27)18-19-28(30)32(6)31(33)26-14-9-7-12-22(26)5;2*1-18-10-5-7-14-22(18)27-28(4)26-23-15-8-6-13-21(23)16-17-24(26)29(27)25-19(2)11-9-12-20(25)3;2*1-18-10-5-7-14-22(18)27-28(4)24-17-16-21-13-6-8-15-23(21)26(24)29(27)25-19(2)11-9-12-20(25)3/h7-21H,1-6H3;4*5-17H,1-4H3/q5*+1/i;2D3,3D3;;2D3;. The van der Waals surface area contributed by atoms with Gasteiger partial charge in [0, 0.05) is 50.4 Å². The van der Waals surface area contributed by atoms with Crippen LogP contribution in [-0.4, -0.2) is 22.8 Å². The van der Waals surface area contributed by atoms with Gasteiger partial charge < -0.3 is 0 Å². The van der Waals surface area contributed by atoms with Crippen molar-refractivity contribution in [2.24, 2.45) is 35.2 Å². The average molecular weight is 1950 g/mol. The summed E-state index contributed by atoms with van der Waals surface area (Å²) >= 11 is 0. The molecule has 10 nitrogen and oxygen atoms in total. The molecule has 25 aromatic rings. The van der Waals surface area contributed by atoms with Crippen LogP contribution in [0.4, 0.5) is 0 Å². The van der Waals surface area contributed by atoms with E-state index in [-0.39, 0.29) is 16.8 Å². The Labute approximate surface area is 889 Å². The van der Waals surface area contributed by atoms with E-state index in [1.165, 1.54) is 185 Å². The van der Waals surface area contributed by atoms with Crippen LogP contribution in [-0.2, 0) is 35.2 Å². The second-order valence-corrected chi connectivity index (χ2v) is 40.7. The van der Waals surface area contributed by atoms with Gasteiger partial charge >= 0.3 is 0 Å². The summed E-state index contributed by atoms with van der Waals surface area (Å²) in [4.78, 5) is 0. The Morgan fingerprint density at radius 2 is 0.423 bits per heavy atom. The van der Waals surface area contributed by atoms with Gasteiger partial charge in [0.1, 0.15) is 28.4 Å². The maximum atomic E-state index is 8.27. The summed E-state index contributed by atoms with van der Waals surface area (Å²) in [5, 5.41) is 11.9. The molecule has 0 atom stereocenters. The lowest BCUT2D eigenvalue weighted by atomic mass is 9.92. The van der Waals surface area contributed by atoms with Gasteiger partial charge in [0.05, 0.1) is 63.1 Å². The van der Waals surface area contributed by atoms with Gasteiger partial charge in [0.15, 0.2) is 55.2 Å². The number of imidazole rings is 5. The highest BCUT2D eigenvalue weighted by Crippen LogP contribution is 2.43. The first-order valence-electron chi connectivity index (χ1n) is 56.3. The van der Waals surface area contributed by atoms with E-state index in [4.69, 9.17) is 12.3 Å². The summed E-state index contributed by atoms with van der Waals surface area (Å²) in [7, 11) is 10.6. The van der Waals surface area contributed by atoms with E-state index in [1.54, 1.807) is 6.07 Å². The molecular weight excluding hydrogens is 1810 g/mol. The van der Waals surface area contributed by atoms with E-state index in [2.05, 4.69) is 421 Å². The Morgan fingerprint density at radius 3 is 0.718 bits per heavy atom. The van der Waals surface area contributed by atoms with Crippen LogP contribution in [0.25, 0.3) is 194 Å². The molecule has 20 aromatic carbocycles. The van der Waals surface area contributed by atoms with Crippen LogP contribution in [0, 0.1) is 89.8 Å². The van der Waals surface area contributed by atoms with Gasteiger partial charge in [0.2, 0.25) is 0 Å². The summed E-state index contributed by atoms with van der Waals surface area (Å²) in [6, 6.07) is 136. The molecule has 10 heteroatoms. The number of aryl methyl sites for hydroxylation is 18. The number of rotatable bonds is 12. The van der Waals surface area contributed by atoms with Crippen LogP contribution < -0.4 is 22.8 Å². The van der Waals surface area contributed by atoms with Crippen LogP contribution in [0.2, 0.25) is 0 Å². The van der Waals surface area contributed by atoms with E-state index in [0.717, 1.165) is 88.8 Å². The van der Waals surface area contributed by atoms with E-state index < -0.39 is 20.6 Å². The van der Waals surface area contributed by atoms with Crippen molar-refractivity contribution in [3.8, 4) is 85.4 Å². The zero-order valence-corrected chi connectivity index (χ0v) is 88.7. The predicted molar refractivity (Wildman–Crippen MR) is 627 cm³/mol. The quantitative estimate of drug-likeness (QED) is 0.109. The fourth-order valence-corrected chi connectivity index (χ4v) is 23.2. The first-order chi connectivity index (χ1) is 75.8. The van der Waals surface area contributed by atoms with Gasteiger partial charge in [-0.3, -0.25) is 0 Å². The Hall–Kier alpha value is -17.0. The Morgan fingerprint density at radius 1 is 0.201 bits per heavy atom. The van der Waals surface area contributed by atoms with Crippen LogP contribution in [0.5, 0.6) is 0 Å². The maximum Gasteiger partial charge on any atom is 0.295 e. The monoisotopic (exact) mass is 1950 g/mol. The molecule has 0 fully saturated rings. The zero-order valence-electron chi connectivity index (χ0n) is 97.7. The number of nitrogens with zero attached hydrogens (tertiary/aromatic N) is 10. The maximum absolute atomic E-state index is 8.27. The van der Waals surface area contributed by atoms with Gasteiger partial charge in [-0.05, 0) is 322 Å². The third-order valence-corrected chi connectivity index (χ3v) is 30.5. The Bertz CT molecular complexity index is 9840. The molecule has 0 N–H and O–H groups in total. The molecule has 0 saturated heterocycles. The molecule has 0 aliphatic carbocycles. The molecular formula is C139H133N10+5. The van der Waals surface area contributed by atoms with Gasteiger partial charge in [-0.25, -0.2) is 22.8 Å². The second kappa shape index (κ2) is 40.5. The minimum Gasteiger partial charge on any atom is -0.225 e. The molecule has 25 rings (SSSR count). The van der Waals surface area contributed by atoms with Crippen molar-refractivity contribution >= 4 is 109 Å². The zero-order chi connectivity index (χ0) is 111. The number of fused-ring (bicyclic) bond motifs is 15. The lowest BCUT2D eigenvalue weighted by Crippen LogP contribution is -2.36. The first-order valence-corrected chi connectivity index (χ1v) is 51.8. The topological polar surface area (TPSA) is 44.0 Å². The third-order valence-electron chi connectivity index (χ3n) is 30.5. The molecule has 0 amide bonds. The van der Waals surface area contributed by atoms with Gasteiger partial charge in [0.25, 0.3) is 29.1 Å². The van der Waals surface area contributed by atoms with E-state index in [1.807, 2.05) is 127 Å². The van der Waals surface area contributed by atoms with Crippen molar-refractivity contribution in [2.75, 3.05) is 0 Å². The Kier molecular flexibility index (Phi) is 23.7. The highest BCUT2D eigenvalue weighted by molar-refractivity contribution is 6.08. The highest BCUT2D eigenvalue weighted by atomic mass is 15.2. The van der Waals surface area contributed by atoms with E-state index in [0.29, 0.717) is 17.4 Å². The molecule has 0 saturated carbocycles. The number of para-hydroxylation sites is 5. The molecule has 734 valence electrons. The van der Waals surface area contributed by atoms with Crippen LogP contribution >= 0.6 is 0 Å². The van der Waals surface area contributed by atoms with Crippen LogP contribution in [0.15, 0.2) is 394 Å². The lowest BCUT2D eigenvalue weighted by molar-refractivity contribution is -0.633. The van der Waals surface area contributed by atoms with Gasteiger partial charge in [-0.15, -0.1) is 0 Å². The number of hydrogen-bond donors (Lipinski definition) is 0. The average Bonchev–Trinajstić information content (AvgIpc) is 1.56. The van der Waals surface area contributed by atoms with Crippen molar-refractivity contribution in [3.63, 3.8) is 0 Å². The fraction of sp³-hybridized carbons (Fsp3) is 0.173. The van der Waals surface area contributed by atoms with Gasteiger partial charge in [-0.1, -0.05) is 301 Å². The molecule has 0 unspecified atom stereocenters.